The number of carbonyl (C=O) groups excluding carboxylic acids is 1. The van der Waals surface area contributed by atoms with Gasteiger partial charge in [-0.05, 0) is 42.7 Å². The molecule has 102 valence electrons. The number of hydrogen-bond acceptors (Lipinski definition) is 3. The average Bonchev–Trinajstić information content (AvgIpc) is 2.45. The Kier molecular flexibility index (Phi) is 4.10. The Morgan fingerprint density at radius 1 is 1.21 bits per heavy atom. The molecule has 0 radical (unpaired) electrons. The van der Waals surface area contributed by atoms with Crippen LogP contribution >= 0.6 is 0 Å². The lowest BCUT2D eigenvalue weighted by Crippen LogP contribution is -2.34. The normalized spacial score (nSPS) is 14.4. The molecule has 2 rings (SSSR count). The van der Waals surface area contributed by atoms with Crippen LogP contribution in [0.1, 0.15) is 18.1 Å². The first-order valence-electron chi connectivity index (χ1n) is 6.35. The van der Waals surface area contributed by atoms with Gasteiger partial charge in [0.05, 0.1) is 14.2 Å². The number of hydrogen-bond donors (Lipinski definition) is 0. The van der Waals surface area contributed by atoms with Gasteiger partial charge in [0.25, 0.3) is 0 Å². The number of carbonyl (C=O) groups is 1. The van der Waals surface area contributed by atoms with Gasteiger partial charge in [0.2, 0.25) is 5.91 Å². The first kappa shape index (κ1) is 13.5. The molecule has 1 aromatic rings. The highest BCUT2D eigenvalue weighted by atomic mass is 16.5. The number of rotatable bonds is 3. The lowest BCUT2D eigenvalue weighted by atomic mass is 9.98. The molecule has 4 heteroatoms. The molecule has 0 saturated heterocycles. The van der Waals surface area contributed by atoms with Gasteiger partial charge in [-0.25, -0.2) is 0 Å². The fourth-order valence-corrected chi connectivity index (χ4v) is 2.32. The van der Waals surface area contributed by atoms with Crippen molar-refractivity contribution in [1.29, 1.82) is 0 Å². The summed E-state index contributed by atoms with van der Waals surface area (Å²) in [7, 11) is 3.25. The maximum Gasteiger partial charge on any atom is 0.246 e. The third-order valence-electron chi connectivity index (χ3n) is 3.34. The van der Waals surface area contributed by atoms with Gasteiger partial charge in [-0.15, -0.1) is 0 Å². The fraction of sp³-hybridized carbons (Fsp3) is 0.400. The van der Waals surface area contributed by atoms with Gasteiger partial charge < -0.3 is 14.4 Å². The van der Waals surface area contributed by atoms with Crippen molar-refractivity contribution in [2.75, 3.05) is 20.8 Å². The average molecular weight is 261 g/mol. The standard InChI is InChI=1S/C15H19NO3/c1-4-5-15(17)16-7-6-11-8-13(18-2)14(19-3)9-12(11)10-16/h4-5,8-9H,6-7,10H2,1-3H3/b5-4-. The van der Waals surface area contributed by atoms with Crippen LogP contribution in [0.5, 0.6) is 11.5 Å². The molecular weight excluding hydrogens is 242 g/mol. The first-order valence-corrected chi connectivity index (χ1v) is 6.35. The molecule has 1 aliphatic heterocycles. The molecule has 1 heterocycles. The number of ether oxygens (including phenoxy) is 2. The van der Waals surface area contributed by atoms with Crippen molar-refractivity contribution in [3.05, 3.63) is 35.4 Å². The molecule has 1 aliphatic rings. The SMILES string of the molecule is C/C=C\C(=O)N1CCc2cc(OC)c(OC)cc2C1. The van der Waals surface area contributed by atoms with Crippen molar-refractivity contribution >= 4 is 5.91 Å². The Bertz CT molecular complexity index is 508. The summed E-state index contributed by atoms with van der Waals surface area (Å²) in [4.78, 5) is 13.7. The summed E-state index contributed by atoms with van der Waals surface area (Å²) >= 11 is 0. The van der Waals surface area contributed by atoms with Crippen LogP contribution < -0.4 is 9.47 Å². The zero-order chi connectivity index (χ0) is 13.8. The predicted octanol–water partition coefficient (Wildman–Crippen LogP) is 2.16. The number of methoxy groups -OCH3 is 2. The largest absolute Gasteiger partial charge is 0.493 e. The van der Waals surface area contributed by atoms with E-state index in [0.717, 1.165) is 24.3 Å². The van der Waals surface area contributed by atoms with Gasteiger partial charge in [-0.2, -0.15) is 0 Å². The minimum absolute atomic E-state index is 0.0583. The van der Waals surface area contributed by atoms with E-state index in [4.69, 9.17) is 9.47 Å². The van der Waals surface area contributed by atoms with Crippen LogP contribution in [-0.4, -0.2) is 31.6 Å². The van der Waals surface area contributed by atoms with Gasteiger partial charge in [0.15, 0.2) is 11.5 Å². The summed E-state index contributed by atoms with van der Waals surface area (Å²) in [6.07, 6.45) is 4.22. The van der Waals surface area contributed by atoms with E-state index >= 15 is 0 Å². The number of benzene rings is 1. The highest BCUT2D eigenvalue weighted by Crippen LogP contribution is 2.33. The molecule has 0 aromatic heterocycles. The monoisotopic (exact) mass is 261 g/mol. The molecule has 4 nitrogen and oxygen atoms in total. The van der Waals surface area contributed by atoms with Crippen molar-refractivity contribution in [3.63, 3.8) is 0 Å². The maximum absolute atomic E-state index is 11.9. The molecule has 0 N–H and O–H groups in total. The van der Waals surface area contributed by atoms with Crippen LogP contribution in [0.2, 0.25) is 0 Å². The molecule has 1 amide bonds. The fourth-order valence-electron chi connectivity index (χ4n) is 2.32. The summed E-state index contributed by atoms with van der Waals surface area (Å²) in [5.41, 5.74) is 2.35. The molecule has 0 bridgehead atoms. The smallest absolute Gasteiger partial charge is 0.246 e. The lowest BCUT2D eigenvalue weighted by Gasteiger charge is -2.28. The number of amides is 1. The third kappa shape index (κ3) is 2.72. The molecule has 0 atom stereocenters. The van der Waals surface area contributed by atoms with Gasteiger partial charge >= 0.3 is 0 Å². The Morgan fingerprint density at radius 3 is 2.42 bits per heavy atom. The van der Waals surface area contributed by atoms with E-state index in [1.54, 1.807) is 26.4 Å². The van der Waals surface area contributed by atoms with Crippen LogP contribution in [0.3, 0.4) is 0 Å². The van der Waals surface area contributed by atoms with E-state index in [0.29, 0.717) is 12.3 Å². The van der Waals surface area contributed by atoms with Crippen molar-refractivity contribution in [2.24, 2.45) is 0 Å². The van der Waals surface area contributed by atoms with Crippen molar-refractivity contribution in [1.82, 2.24) is 4.90 Å². The van der Waals surface area contributed by atoms with E-state index in [9.17, 15) is 4.79 Å². The third-order valence-corrected chi connectivity index (χ3v) is 3.34. The van der Waals surface area contributed by atoms with Crippen LogP contribution in [-0.2, 0) is 17.8 Å². The first-order chi connectivity index (χ1) is 9.19. The molecule has 0 saturated carbocycles. The van der Waals surface area contributed by atoms with Crippen molar-refractivity contribution < 1.29 is 14.3 Å². The topological polar surface area (TPSA) is 38.8 Å². The second-order valence-electron chi connectivity index (χ2n) is 4.49. The molecular formula is C15H19NO3. The molecule has 0 spiro atoms. The second kappa shape index (κ2) is 5.78. The number of allylic oxidation sites excluding steroid dienone is 1. The van der Waals surface area contributed by atoms with E-state index < -0.39 is 0 Å². The maximum atomic E-state index is 11.9. The van der Waals surface area contributed by atoms with Crippen molar-refractivity contribution in [2.45, 2.75) is 19.9 Å². The highest BCUT2D eigenvalue weighted by molar-refractivity contribution is 5.87. The van der Waals surface area contributed by atoms with E-state index in [2.05, 4.69) is 0 Å². The zero-order valence-corrected chi connectivity index (χ0v) is 11.6. The Labute approximate surface area is 113 Å². The Hall–Kier alpha value is -1.97. The van der Waals surface area contributed by atoms with Gasteiger partial charge in [0, 0.05) is 13.1 Å². The minimum Gasteiger partial charge on any atom is -0.493 e. The highest BCUT2D eigenvalue weighted by Gasteiger charge is 2.21. The van der Waals surface area contributed by atoms with Crippen molar-refractivity contribution in [3.8, 4) is 11.5 Å². The molecule has 19 heavy (non-hydrogen) atoms. The van der Waals surface area contributed by atoms with Crippen LogP contribution in [0, 0.1) is 0 Å². The summed E-state index contributed by atoms with van der Waals surface area (Å²) in [5.74, 6) is 1.51. The van der Waals surface area contributed by atoms with Gasteiger partial charge in [-0.1, -0.05) is 6.08 Å². The summed E-state index contributed by atoms with van der Waals surface area (Å²) in [6.45, 7) is 3.22. The zero-order valence-electron chi connectivity index (χ0n) is 11.6. The van der Waals surface area contributed by atoms with Gasteiger partial charge in [-0.3, -0.25) is 4.79 Å². The van der Waals surface area contributed by atoms with E-state index in [1.807, 2.05) is 24.0 Å². The van der Waals surface area contributed by atoms with Crippen LogP contribution in [0.4, 0.5) is 0 Å². The minimum atomic E-state index is 0.0583. The summed E-state index contributed by atoms with van der Waals surface area (Å²) in [5, 5.41) is 0. The Balaban J connectivity index is 2.27. The molecule has 0 fully saturated rings. The Morgan fingerprint density at radius 2 is 1.84 bits per heavy atom. The number of fused-ring (bicyclic) bond motifs is 1. The molecule has 1 aromatic carbocycles. The van der Waals surface area contributed by atoms with Crippen LogP contribution in [0.15, 0.2) is 24.3 Å². The van der Waals surface area contributed by atoms with Gasteiger partial charge in [0.1, 0.15) is 0 Å². The predicted molar refractivity (Wildman–Crippen MR) is 73.5 cm³/mol. The van der Waals surface area contributed by atoms with E-state index in [-0.39, 0.29) is 5.91 Å². The summed E-state index contributed by atoms with van der Waals surface area (Å²) < 4.78 is 10.6. The quantitative estimate of drug-likeness (QED) is 0.783. The number of nitrogens with zero attached hydrogens (tertiary/aromatic N) is 1. The second-order valence-corrected chi connectivity index (χ2v) is 4.49. The lowest BCUT2D eigenvalue weighted by molar-refractivity contribution is -0.126. The molecule has 0 unspecified atom stereocenters. The van der Waals surface area contributed by atoms with Crippen LogP contribution in [0.25, 0.3) is 0 Å². The van der Waals surface area contributed by atoms with E-state index in [1.165, 1.54) is 5.56 Å². The summed E-state index contributed by atoms with van der Waals surface area (Å²) in [6, 6.07) is 3.97. The molecule has 0 aliphatic carbocycles.